The highest BCUT2D eigenvalue weighted by Gasteiger charge is 2.32. The first kappa shape index (κ1) is 36.9. The molecule has 0 fully saturated rings. The molecule has 1 heterocycles. The normalized spacial score (nSPS) is 20.4. The molecular weight excluding hydrogens is 623 g/mol. The molecule has 0 saturated heterocycles. The van der Waals surface area contributed by atoms with Crippen LogP contribution in [0.5, 0.6) is 5.75 Å². The number of carbonyl (C=O) groups excluding carboxylic acids is 2. The SMILES string of the molecule is C[C@@H]1CN([C@H](C)CO)C(=O)c2cc(NC(=O)c3ccccc3)ccc2O[C@@H](C)CCCCO[C@@H]1CN(C)Cc1ccc(C(F)(F)F)cc1. The lowest BCUT2D eigenvalue weighted by Gasteiger charge is -2.36. The second kappa shape index (κ2) is 16.9. The molecule has 4 rings (SSSR count). The van der Waals surface area contributed by atoms with Crippen LogP contribution in [0.25, 0.3) is 0 Å². The molecule has 0 radical (unpaired) electrons. The first-order chi connectivity index (χ1) is 22.8. The number of aliphatic hydroxyl groups is 1. The van der Waals surface area contributed by atoms with E-state index in [2.05, 4.69) is 5.32 Å². The molecule has 0 saturated carbocycles. The summed E-state index contributed by atoms with van der Waals surface area (Å²) in [6.45, 7) is 7.09. The average molecular weight is 670 g/mol. The molecule has 1 aliphatic heterocycles. The lowest BCUT2D eigenvalue weighted by molar-refractivity contribution is -0.137. The fraction of sp³-hybridized carbons (Fsp3) is 0.459. The molecule has 1 aliphatic rings. The maximum absolute atomic E-state index is 14.3. The average Bonchev–Trinajstić information content (AvgIpc) is 3.06. The molecule has 3 aromatic carbocycles. The Morgan fingerprint density at radius 1 is 1.06 bits per heavy atom. The van der Waals surface area contributed by atoms with Crippen LogP contribution in [-0.2, 0) is 17.5 Å². The van der Waals surface area contributed by atoms with Crippen LogP contribution in [-0.4, -0.2) is 78.3 Å². The molecule has 11 heteroatoms. The molecule has 260 valence electrons. The van der Waals surface area contributed by atoms with E-state index < -0.39 is 17.8 Å². The minimum Gasteiger partial charge on any atom is -0.490 e. The van der Waals surface area contributed by atoms with Gasteiger partial charge in [0.1, 0.15) is 5.75 Å². The number of amides is 2. The van der Waals surface area contributed by atoms with Crippen molar-refractivity contribution in [2.24, 2.45) is 5.92 Å². The number of aliphatic hydroxyl groups excluding tert-OH is 1. The zero-order chi connectivity index (χ0) is 34.8. The third kappa shape index (κ3) is 10.3. The van der Waals surface area contributed by atoms with E-state index in [1.54, 1.807) is 54.3 Å². The highest BCUT2D eigenvalue weighted by atomic mass is 19.4. The summed E-state index contributed by atoms with van der Waals surface area (Å²) in [5, 5.41) is 13.1. The molecule has 0 aliphatic carbocycles. The third-order valence-electron chi connectivity index (χ3n) is 8.57. The third-order valence-corrected chi connectivity index (χ3v) is 8.57. The minimum atomic E-state index is -4.39. The first-order valence-corrected chi connectivity index (χ1v) is 16.4. The van der Waals surface area contributed by atoms with E-state index in [1.807, 2.05) is 31.9 Å². The lowest BCUT2D eigenvalue weighted by atomic mass is 10.0. The van der Waals surface area contributed by atoms with Crippen LogP contribution in [0.1, 0.15) is 71.9 Å². The number of halogens is 3. The van der Waals surface area contributed by atoms with Gasteiger partial charge < -0.3 is 24.8 Å². The van der Waals surface area contributed by atoms with Gasteiger partial charge in [-0.05, 0) is 88.2 Å². The van der Waals surface area contributed by atoms with Crippen LogP contribution < -0.4 is 10.1 Å². The second-order valence-corrected chi connectivity index (χ2v) is 12.7. The van der Waals surface area contributed by atoms with E-state index in [4.69, 9.17) is 9.47 Å². The van der Waals surface area contributed by atoms with Gasteiger partial charge in [-0.1, -0.05) is 37.3 Å². The Bertz CT molecular complexity index is 1490. The van der Waals surface area contributed by atoms with Crippen molar-refractivity contribution in [3.8, 4) is 5.75 Å². The summed E-state index contributed by atoms with van der Waals surface area (Å²) in [6, 6.07) is 18.4. The summed E-state index contributed by atoms with van der Waals surface area (Å²) in [7, 11) is 1.89. The predicted molar refractivity (Wildman–Crippen MR) is 179 cm³/mol. The first-order valence-electron chi connectivity index (χ1n) is 16.4. The van der Waals surface area contributed by atoms with Crippen molar-refractivity contribution in [3.05, 3.63) is 95.1 Å². The van der Waals surface area contributed by atoms with E-state index >= 15 is 0 Å². The summed E-state index contributed by atoms with van der Waals surface area (Å²) >= 11 is 0. The van der Waals surface area contributed by atoms with Gasteiger partial charge in [0.05, 0.1) is 36.0 Å². The highest BCUT2D eigenvalue weighted by molar-refractivity contribution is 6.05. The van der Waals surface area contributed by atoms with E-state index in [1.165, 1.54) is 12.1 Å². The molecule has 2 amide bonds. The van der Waals surface area contributed by atoms with Crippen molar-refractivity contribution < 1.29 is 37.3 Å². The summed E-state index contributed by atoms with van der Waals surface area (Å²) < 4.78 is 51.8. The number of carbonyl (C=O) groups is 2. The Morgan fingerprint density at radius 3 is 2.44 bits per heavy atom. The highest BCUT2D eigenvalue weighted by Crippen LogP contribution is 2.30. The molecule has 3 aromatic rings. The van der Waals surface area contributed by atoms with Crippen molar-refractivity contribution >= 4 is 17.5 Å². The Labute approximate surface area is 280 Å². The van der Waals surface area contributed by atoms with Crippen molar-refractivity contribution in [3.63, 3.8) is 0 Å². The zero-order valence-electron chi connectivity index (χ0n) is 28.0. The molecule has 48 heavy (non-hydrogen) atoms. The Morgan fingerprint density at radius 2 is 1.77 bits per heavy atom. The molecule has 4 atom stereocenters. The molecule has 0 bridgehead atoms. The van der Waals surface area contributed by atoms with Crippen LogP contribution in [0, 0.1) is 5.92 Å². The topological polar surface area (TPSA) is 91.3 Å². The van der Waals surface area contributed by atoms with Gasteiger partial charge in [0.15, 0.2) is 0 Å². The molecule has 0 spiro atoms. The van der Waals surface area contributed by atoms with Crippen molar-refractivity contribution in [1.29, 1.82) is 0 Å². The second-order valence-electron chi connectivity index (χ2n) is 12.7. The van der Waals surface area contributed by atoms with Gasteiger partial charge in [0.2, 0.25) is 0 Å². The molecule has 8 nitrogen and oxygen atoms in total. The van der Waals surface area contributed by atoms with E-state index in [9.17, 15) is 27.9 Å². The Kier molecular flexibility index (Phi) is 13.0. The molecule has 0 aromatic heterocycles. The zero-order valence-corrected chi connectivity index (χ0v) is 28.0. The summed E-state index contributed by atoms with van der Waals surface area (Å²) in [4.78, 5) is 30.9. The van der Waals surface area contributed by atoms with Crippen LogP contribution >= 0.6 is 0 Å². The number of rotatable bonds is 8. The van der Waals surface area contributed by atoms with Gasteiger partial charge >= 0.3 is 6.18 Å². The van der Waals surface area contributed by atoms with Crippen LogP contribution in [0.3, 0.4) is 0 Å². The fourth-order valence-electron chi connectivity index (χ4n) is 5.74. The van der Waals surface area contributed by atoms with Crippen LogP contribution in [0.15, 0.2) is 72.8 Å². The van der Waals surface area contributed by atoms with Crippen LogP contribution in [0.4, 0.5) is 18.9 Å². The number of hydrogen-bond acceptors (Lipinski definition) is 6. The quantitative estimate of drug-likeness (QED) is 0.272. The summed E-state index contributed by atoms with van der Waals surface area (Å²) in [5.41, 5.74) is 1.24. The summed E-state index contributed by atoms with van der Waals surface area (Å²) in [5.74, 6) is -0.442. The van der Waals surface area contributed by atoms with E-state index in [0.717, 1.165) is 37.0 Å². The van der Waals surface area contributed by atoms with Crippen molar-refractivity contribution in [2.75, 3.05) is 38.7 Å². The number of ether oxygens (including phenoxy) is 2. The molecule has 0 unspecified atom stereocenters. The number of benzene rings is 3. The van der Waals surface area contributed by atoms with Gasteiger partial charge in [-0.3, -0.25) is 14.5 Å². The predicted octanol–water partition coefficient (Wildman–Crippen LogP) is 6.89. The van der Waals surface area contributed by atoms with E-state index in [-0.39, 0.29) is 48.7 Å². The minimum absolute atomic E-state index is 0.176. The number of fused-ring (bicyclic) bond motifs is 1. The fourth-order valence-corrected chi connectivity index (χ4v) is 5.74. The van der Waals surface area contributed by atoms with Gasteiger partial charge in [0.25, 0.3) is 11.8 Å². The lowest BCUT2D eigenvalue weighted by Crippen LogP contribution is -2.47. The van der Waals surface area contributed by atoms with Crippen molar-refractivity contribution in [2.45, 2.75) is 71.0 Å². The Balaban J connectivity index is 1.58. The van der Waals surface area contributed by atoms with E-state index in [0.29, 0.717) is 36.7 Å². The van der Waals surface area contributed by atoms with Gasteiger partial charge in [-0.15, -0.1) is 0 Å². The number of alkyl halides is 3. The summed E-state index contributed by atoms with van der Waals surface area (Å²) in [6.07, 6.45) is -2.53. The van der Waals surface area contributed by atoms with Gasteiger partial charge in [-0.25, -0.2) is 0 Å². The smallest absolute Gasteiger partial charge is 0.416 e. The monoisotopic (exact) mass is 669 g/mol. The maximum atomic E-state index is 14.3. The standard InChI is InChI=1S/C37H46F3N3O5/c1-25-21-43(26(2)24-44)36(46)32-20-31(41-35(45)29-11-6-5-7-12-29)17-18-33(32)48-27(3)10-8-9-19-47-34(25)23-42(4)22-28-13-15-30(16-14-28)37(38,39)40/h5-7,11-18,20,25-27,34,44H,8-10,19,21-24H2,1-4H3,(H,41,45)/t25-,26-,27+,34-/m1/s1. The number of nitrogens with one attached hydrogen (secondary N) is 1. The number of nitrogens with zero attached hydrogens (tertiary/aromatic N) is 2. The van der Waals surface area contributed by atoms with Crippen molar-refractivity contribution in [1.82, 2.24) is 9.80 Å². The maximum Gasteiger partial charge on any atom is 0.416 e. The largest absolute Gasteiger partial charge is 0.490 e. The molecule has 2 N–H and O–H groups in total. The number of likely N-dealkylation sites (N-methyl/N-ethyl adjacent to an activating group) is 1. The van der Waals surface area contributed by atoms with Gasteiger partial charge in [0, 0.05) is 43.4 Å². The molecular formula is C37H46F3N3O5. The number of hydrogen-bond donors (Lipinski definition) is 2. The Hall–Kier alpha value is -3.93. The van der Waals surface area contributed by atoms with Crippen LogP contribution in [0.2, 0.25) is 0 Å². The number of anilines is 1. The van der Waals surface area contributed by atoms with Gasteiger partial charge in [-0.2, -0.15) is 13.2 Å².